The first-order valence-corrected chi connectivity index (χ1v) is 4.73. The van der Waals surface area contributed by atoms with Crippen molar-refractivity contribution >= 4 is 11.9 Å². The molecule has 0 bridgehead atoms. The van der Waals surface area contributed by atoms with Gasteiger partial charge in [0.2, 0.25) is 0 Å². The summed E-state index contributed by atoms with van der Waals surface area (Å²) in [5.74, 6) is 0.847. The van der Waals surface area contributed by atoms with Crippen LogP contribution in [-0.2, 0) is 6.42 Å². The van der Waals surface area contributed by atoms with Gasteiger partial charge in [-0.05, 0) is 36.1 Å². The summed E-state index contributed by atoms with van der Waals surface area (Å²) < 4.78 is 5.13. The third kappa shape index (κ3) is 1.93. The molecule has 0 radical (unpaired) electrons. The highest BCUT2D eigenvalue weighted by Gasteiger charge is 2.01. The van der Waals surface area contributed by atoms with Crippen LogP contribution in [0.4, 0.5) is 0 Å². The van der Waals surface area contributed by atoms with Gasteiger partial charge in [-0.2, -0.15) is 0 Å². The van der Waals surface area contributed by atoms with Crippen molar-refractivity contribution < 1.29 is 4.74 Å². The van der Waals surface area contributed by atoms with Crippen LogP contribution in [0.1, 0.15) is 12.5 Å². The van der Waals surface area contributed by atoms with Gasteiger partial charge in [0.1, 0.15) is 5.75 Å². The third-order valence-corrected chi connectivity index (χ3v) is 2.34. The van der Waals surface area contributed by atoms with Gasteiger partial charge >= 0.3 is 0 Å². The van der Waals surface area contributed by atoms with E-state index in [1.165, 1.54) is 17.5 Å². The first-order chi connectivity index (χ1) is 5.81. The van der Waals surface area contributed by atoms with Gasteiger partial charge in [0.25, 0.3) is 0 Å². The molecule has 0 amide bonds. The highest BCUT2D eigenvalue weighted by atomic mass is 32.2. The van der Waals surface area contributed by atoms with Gasteiger partial charge in [0, 0.05) is 0 Å². The number of aryl methyl sites for hydroxylation is 1. The van der Waals surface area contributed by atoms with Crippen LogP contribution in [0, 0.1) is 0 Å². The quantitative estimate of drug-likeness (QED) is 0.730. The second-order valence-electron chi connectivity index (χ2n) is 2.46. The second-order valence-corrected chi connectivity index (χ2v) is 3.13. The van der Waals surface area contributed by atoms with Gasteiger partial charge in [-0.1, -0.05) is 13.0 Å². The molecule has 0 atom stereocenters. The lowest BCUT2D eigenvalue weighted by Gasteiger charge is -2.06. The number of methoxy groups -OCH3 is 1. The lowest BCUT2D eigenvalue weighted by Crippen LogP contribution is -1.90. The lowest BCUT2D eigenvalue weighted by molar-refractivity contribution is 0.404. The van der Waals surface area contributed by atoms with Crippen LogP contribution in [0.25, 0.3) is 0 Å². The summed E-state index contributed by atoms with van der Waals surface area (Å²) in [6.07, 6.45) is 1.03. The van der Waals surface area contributed by atoms with Crippen molar-refractivity contribution in [2.24, 2.45) is 5.14 Å². The monoisotopic (exact) mass is 183 g/mol. The maximum atomic E-state index is 5.49. The Labute approximate surface area is 77.2 Å². The van der Waals surface area contributed by atoms with Crippen LogP contribution in [0.2, 0.25) is 0 Å². The summed E-state index contributed by atoms with van der Waals surface area (Å²) in [4.78, 5) is 0.997. The van der Waals surface area contributed by atoms with Crippen LogP contribution in [0.15, 0.2) is 23.1 Å². The van der Waals surface area contributed by atoms with Gasteiger partial charge in [-0.15, -0.1) is 0 Å². The maximum absolute atomic E-state index is 5.49. The predicted molar refractivity (Wildman–Crippen MR) is 52.4 cm³/mol. The predicted octanol–water partition coefficient (Wildman–Crippen LogP) is 2.22. The fourth-order valence-electron chi connectivity index (χ4n) is 1.03. The average Bonchev–Trinajstić information content (AvgIpc) is 2.16. The zero-order chi connectivity index (χ0) is 8.97. The highest BCUT2D eigenvalue weighted by molar-refractivity contribution is 7.97. The van der Waals surface area contributed by atoms with E-state index in [9.17, 15) is 0 Å². The van der Waals surface area contributed by atoms with Crippen molar-refractivity contribution in [2.75, 3.05) is 7.11 Å². The molecule has 0 aliphatic carbocycles. The average molecular weight is 183 g/mol. The zero-order valence-corrected chi connectivity index (χ0v) is 8.15. The van der Waals surface area contributed by atoms with E-state index in [4.69, 9.17) is 9.88 Å². The van der Waals surface area contributed by atoms with Crippen LogP contribution in [0.5, 0.6) is 5.75 Å². The number of hydrogen-bond donors (Lipinski definition) is 1. The summed E-state index contributed by atoms with van der Waals surface area (Å²) in [6, 6.07) is 6.07. The molecule has 2 N–H and O–H groups in total. The molecular weight excluding hydrogens is 170 g/mol. The van der Waals surface area contributed by atoms with Gasteiger partial charge in [0.15, 0.2) is 0 Å². The topological polar surface area (TPSA) is 35.2 Å². The Balaban J connectivity index is 3.02. The molecule has 0 heterocycles. The molecular formula is C9H13NOS. The summed E-state index contributed by atoms with van der Waals surface area (Å²) >= 11 is 1.22. The van der Waals surface area contributed by atoms with Crippen molar-refractivity contribution in [3.8, 4) is 5.75 Å². The largest absolute Gasteiger partial charge is 0.496 e. The lowest BCUT2D eigenvalue weighted by atomic mass is 10.2. The summed E-state index contributed by atoms with van der Waals surface area (Å²) in [5.41, 5.74) is 1.28. The molecule has 0 saturated carbocycles. The summed E-state index contributed by atoms with van der Waals surface area (Å²) in [5, 5.41) is 5.49. The van der Waals surface area contributed by atoms with Crippen LogP contribution in [-0.4, -0.2) is 7.11 Å². The normalized spacial score (nSPS) is 9.92. The van der Waals surface area contributed by atoms with Crippen LogP contribution >= 0.6 is 11.9 Å². The molecule has 2 nitrogen and oxygen atoms in total. The first-order valence-electron chi connectivity index (χ1n) is 3.85. The third-order valence-electron chi connectivity index (χ3n) is 1.76. The molecule has 1 rings (SSSR count). The van der Waals surface area contributed by atoms with Crippen molar-refractivity contribution in [2.45, 2.75) is 18.2 Å². The van der Waals surface area contributed by atoms with Gasteiger partial charge in [-0.3, -0.25) is 5.14 Å². The number of rotatable bonds is 3. The number of hydrogen-bond acceptors (Lipinski definition) is 3. The zero-order valence-electron chi connectivity index (χ0n) is 7.33. The smallest absolute Gasteiger partial charge is 0.133 e. The fourth-order valence-corrected chi connectivity index (χ4v) is 1.52. The van der Waals surface area contributed by atoms with E-state index in [0.29, 0.717) is 0 Å². The second kappa shape index (κ2) is 4.38. The Morgan fingerprint density at radius 2 is 2.25 bits per heavy atom. The van der Waals surface area contributed by atoms with E-state index in [1.54, 1.807) is 7.11 Å². The molecule has 0 fully saturated rings. The minimum atomic E-state index is 0.847. The molecule has 3 heteroatoms. The minimum absolute atomic E-state index is 0.847. The van der Waals surface area contributed by atoms with Crippen molar-refractivity contribution in [3.05, 3.63) is 23.8 Å². The van der Waals surface area contributed by atoms with Gasteiger partial charge in [-0.25, -0.2) is 0 Å². The number of nitrogens with two attached hydrogens (primary N) is 1. The van der Waals surface area contributed by atoms with E-state index in [-0.39, 0.29) is 0 Å². The minimum Gasteiger partial charge on any atom is -0.496 e. The van der Waals surface area contributed by atoms with E-state index < -0.39 is 0 Å². The van der Waals surface area contributed by atoms with E-state index in [0.717, 1.165) is 17.1 Å². The maximum Gasteiger partial charge on any atom is 0.133 e. The number of benzene rings is 1. The SMILES string of the molecule is CCc1ccc(OC)c(SN)c1. The highest BCUT2D eigenvalue weighted by Crippen LogP contribution is 2.26. The molecule has 1 aromatic carbocycles. The van der Waals surface area contributed by atoms with E-state index >= 15 is 0 Å². The molecule has 0 spiro atoms. The Bertz CT molecular complexity index is 263. The molecule has 0 saturated heterocycles. The summed E-state index contributed by atoms with van der Waals surface area (Å²) in [6.45, 7) is 2.12. The Kier molecular flexibility index (Phi) is 3.44. The van der Waals surface area contributed by atoms with Crippen LogP contribution < -0.4 is 9.88 Å². The Hall–Kier alpha value is -0.670. The molecule has 66 valence electrons. The van der Waals surface area contributed by atoms with Crippen molar-refractivity contribution in [3.63, 3.8) is 0 Å². The molecule has 0 unspecified atom stereocenters. The standard InChI is InChI=1S/C9H13NOS/c1-3-7-4-5-8(11-2)9(6-7)12-10/h4-6H,3,10H2,1-2H3. The molecule has 12 heavy (non-hydrogen) atoms. The number of ether oxygens (including phenoxy) is 1. The van der Waals surface area contributed by atoms with Crippen molar-refractivity contribution in [1.29, 1.82) is 0 Å². The molecule has 0 aromatic heterocycles. The molecule has 0 aliphatic rings. The van der Waals surface area contributed by atoms with Gasteiger partial charge in [0.05, 0.1) is 12.0 Å². The van der Waals surface area contributed by atoms with Crippen LogP contribution in [0.3, 0.4) is 0 Å². The van der Waals surface area contributed by atoms with E-state index in [2.05, 4.69) is 19.1 Å². The summed E-state index contributed by atoms with van der Waals surface area (Å²) in [7, 11) is 1.65. The van der Waals surface area contributed by atoms with E-state index in [1.807, 2.05) is 6.07 Å². The fraction of sp³-hybridized carbons (Fsp3) is 0.333. The Morgan fingerprint density at radius 3 is 2.75 bits per heavy atom. The molecule has 1 aromatic rings. The van der Waals surface area contributed by atoms with Crippen molar-refractivity contribution in [1.82, 2.24) is 0 Å². The first kappa shape index (κ1) is 9.42. The Morgan fingerprint density at radius 1 is 1.50 bits per heavy atom. The molecule has 0 aliphatic heterocycles. The van der Waals surface area contributed by atoms with Gasteiger partial charge < -0.3 is 4.74 Å².